The Hall–Kier alpha value is -1.92. The highest BCUT2D eigenvalue weighted by atomic mass is 16.6. The van der Waals surface area contributed by atoms with Crippen LogP contribution in [0.2, 0.25) is 0 Å². The molecule has 0 aliphatic rings. The second kappa shape index (κ2) is 20.5. The molecule has 1 aromatic heterocycles. The number of carbonyl (C=O) groups excluding carboxylic acids is 2. The molecule has 1 heterocycles. The second-order valence-electron chi connectivity index (χ2n) is 9.48. The lowest BCUT2D eigenvalue weighted by Crippen LogP contribution is -2.23. The van der Waals surface area contributed by atoms with Crippen LogP contribution in [-0.4, -0.2) is 39.5 Å². The number of esters is 1. The molecule has 0 fully saturated rings. The number of unbranched alkanes of at least 4 members (excludes halogenated alkanes) is 8. The minimum atomic E-state index is -0.491. The summed E-state index contributed by atoms with van der Waals surface area (Å²) in [6, 6.07) is 0. The van der Waals surface area contributed by atoms with E-state index in [1.54, 1.807) is 0 Å². The van der Waals surface area contributed by atoms with Crippen LogP contribution in [0.15, 0.2) is 12.7 Å². The lowest BCUT2D eigenvalue weighted by molar-refractivity contribution is -0.145. The van der Waals surface area contributed by atoms with Gasteiger partial charge in [-0.1, -0.05) is 78.6 Å². The SMILES string of the molecule is CCCCCCC(CCCCC(=O)OCC(CCCCC)CCCCC)OC(=O)n1cncn1. The van der Waals surface area contributed by atoms with Gasteiger partial charge >= 0.3 is 12.1 Å². The quantitative estimate of drug-likeness (QED) is 0.134. The molecule has 0 aliphatic carbocycles. The molecule has 0 aromatic carbocycles. The number of carbonyl (C=O) groups is 2. The van der Waals surface area contributed by atoms with Gasteiger partial charge in [0.1, 0.15) is 18.8 Å². The molecule has 0 saturated heterocycles. The molecule has 0 spiro atoms. The Kier molecular flexibility index (Phi) is 18.1. The number of hydrogen-bond donors (Lipinski definition) is 0. The zero-order chi connectivity index (χ0) is 24.9. The van der Waals surface area contributed by atoms with Crippen molar-refractivity contribution in [2.45, 2.75) is 136 Å². The molecule has 0 amide bonds. The van der Waals surface area contributed by atoms with Crippen LogP contribution < -0.4 is 0 Å². The van der Waals surface area contributed by atoms with Crippen LogP contribution in [0.25, 0.3) is 0 Å². The van der Waals surface area contributed by atoms with Gasteiger partial charge in [-0.25, -0.2) is 9.78 Å². The lowest BCUT2D eigenvalue weighted by atomic mass is 9.96. The van der Waals surface area contributed by atoms with E-state index in [4.69, 9.17) is 9.47 Å². The Labute approximate surface area is 207 Å². The van der Waals surface area contributed by atoms with Crippen LogP contribution in [0.3, 0.4) is 0 Å². The van der Waals surface area contributed by atoms with Crippen LogP contribution in [0, 0.1) is 5.92 Å². The Balaban J connectivity index is 2.34. The molecule has 7 heteroatoms. The van der Waals surface area contributed by atoms with Gasteiger partial charge in [0.05, 0.1) is 6.61 Å². The summed E-state index contributed by atoms with van der Waals surface area (Å²) in [4.78, 5) is 28.4. The summed E-state index contributed by atoms with van der Waals surface area (Å²) in [6.07, 6.45) is 19.8. The fourth-order valence-corrected chi connectivity index (χ4v) is 4.16. The van der Waals surface area contributed by atoms with Gasteiger partial charge in [0, 0.05) is 6.42 Å². The number of rotatable bonds is 21. The van der Waals surface area contributed by atoms with Crippen LogP contribution in [0.5, 0.6) is 0 Å². The molecule has 0 saturated carbocycles. The highest BCUT2D eigenvalue weighted by Crippen LogP contribution is 2.19. The first kappa shape index (κ1) is 30.1. The average molecular weight is 480 g/mol. The number of hydrogen-bond acceptors (Lipinski definition) is 6. The van der Waals surface area contributed by atoms with Crippen molar-refractivity contribution >= 4 is 12.1 Å². The van der Waals surface area contributed by atoms with Gasteiger partial charge in [0.25, 0.3) is 0 Å². The maximum absolute atomic E-state index is 12.3. The van der Waals surface area contributed by atoms with Crippen LogP contribution >= 0.6 is 0 Å². The molecule has 34 heavy (non-hydrogen) atoms. The monoisotopic (exact) mass is 479 g/mol. The molecule has 1 rings (SSSR count). The first-order chi connectivity index (χ1) is 16.6. The summed E-state index contributed by atoms with van der Waals surface area (Å²) < 4.78 is 12.4. The molecule has 0 radical (unpaired) electrons. The molecule has 1 aromatic rings. The number of ether oxygens (including phenoxy) is 2. The molecule has 1 unspecified atom stereocenters. The van der Waals surface area contributed by atoms with E-state index in [1.165, 1.54) is 64.0 Å². The lowest BCUT2D eigenvalue weighted by Gasteiger charge is -2.18. The summed E-state index contributed by atoms with van der Waals surface area (Å²) in [7, 11) is 0. The van der Waals surface area contributed by atoms with Crippen molar-refractivity contribution in [3.05, 3.63) is 12.7 Å². The van der Waals surface area contributed by atoms with Gasteiger partial charge < -0.3 is 9.47 Å². The van der Waals surface area contributed by atoms with Gasteiger partial charge in [0.2, 0.25) is 0 Å². The minimum Gasteiger partial charge on any atom is -0.465 e. The third-order valence-electron chi connectivity index (χ3n) is 6.32. The van der Waals surface area contributed by atoms with E-state index in [9.17, 15) is 9.59 Å². The van der Waals surface area contributed by atoms with E-state index in [2.05, 4.69) is 30.9 Å². The fourth-order valence-electron chi connectivity index (χ4n) is 4.16. The van der Waals surface area contributed by atoms with Crippen LogP contribution in [-0.2, 0) is 14.3 Å². The maximum atomic E-state index is 12.3. The number of aromatic nitrogens is 3. The highest BCUT2D eigenvalue weighted by molar-refractivity contribution is 5.69. The van der Waals surface area contributed by atoms with Crippen molar-refractivity contribution < 1.29 is 19.1 Å². The fraction of sp³-hybridized carbons (Fsp3) is 0.852. The molecule has 0 N–H and O–H groups in total. The molecule has 196 valence electrons. The first-order valence-electron chi connectivity index (χ1n) is 13.8. The predicted octanol–water partition coefficient (Wildman–Crippen LogP) is 7.48. The van der Waals surface area contributed by atoms with Crippen molar-refractivity contribution in [2.24, 2.45) is 5.92 Å². The maximum Gasteiger partial charge on any atom is 0.436 e. The van der Waals surface area contributed by atoms with Crippen molar-refractivity contribution in [1.82, 2.24) is 14.8 Å². The highest BCUT2D eigenvalue weighted by Gasteiger charge is 2.17. The molecule has 0 bridgehead atoms. The average Bonchev–Trinajstić information content (AvgIpc) is 3.38. The minimum absolute atomic E-state index is 0.102. The summed E-state index contributed by atoms with van der Waals surface area (Å²) in [6.45, 7) is 7.18. The Morgan fingerprint density at radius 3 is 1.97 bits per heavy atom. The molecule has 1 atom stereocenters. The van der Waals surface area contributed by atoms with E-state index >= 15 is 0 Å². The van der Waals surface area contributed by atoms with Crippen LogP contribution in [0.4, 0.5) is 4.79 Å². The van der Waals surface area contributed by atoms with Gasteiger partial charge in [-0.2, -0.15) is 4.68 Å². The van der Waals surface area contributed by atoms with Gasteiger partial charge in [-0.15, -0.1) is 5.10 Å². The zero-order valence-electron chi connectivity index (χ0n) is 22.0. The number of nitrogens with zero attached hydrogens (tertiary/aromatic N) is 3. The summed E-state index contributed by atoms with van der Waals surface area (Å²) in [5.41, 5.74) is 0. The second-order valence-corrected chi connectivity index (χ2v) is 9.48. The molecular weight excluding hydrogens is 430 g/mol. The summed E-state index contributed by atoms with van der Waals surface area (Å²) in [5, 5.41) is 3.85. The Morgan fingerprint density at radius 2 is 1.38 bits per heavy atom. The summed E-state index contributed by atoms with van der Waals surface area (Å²) in [5.74, 6) is 0.390. The van der Waals surface area contributed by atoms with Gasteiger partial charge in [-0.05, 0) is 50.9 Å². The van der Waals surface area contributed by atoms with E-state index in [-0.39, 0.29) is 12.1 Å². The van der Waals surface area contributed by atoms with Crippen molar-refractivity contribution in [1.29, 1.82) is 0 Å². The van der Waals surface area contributed by atoms with Gasteiger partial charge in [0.15, 0.2) is 0 Å². The molecule has 0 aliphatic heterocycles. The topological polar surface area (TPSA) is 83.3 Å². The van der Waals surface area contributed by atoms with Gasteiger partial charge in [-0.3, -0.25) is 4.79 Å². The van der Waals surface area contributed by atoms with E-state index in [0.717, 1.165) is 56.0 Å². The first-order valence-corrected chi connectivity index (χ1v) is 13.8. The normalized spacial score (nSPS) is 12.1. The third kappa shape index (κ3) is 15.1. The Bertz CT molecular complexity index is 611. The third-order valence-corrected chi connectivity index (χ3v) is 6.32. The van der Waals surface area contributed by atoms with E-state index in [1.807, 2.05) is 0 Å². The molecular formula is C27H49N3O4. The van der Waals surface area contributed by atoms with Crippen molar-refractivity contribution in [3.63, 3.8) is 0 Å². The largest absolute Gasteiger partial charge is 0.465 e. The molecule has 7 nitrogen and oxygen atoms in total. The van der Waals surface area contributed by atoms with E-state index < -0.39 is 6.09 Å². The van der Waals surface area contributed by atoms with Crippen LogP contribution in [0.1, 0.15) is 130 Å². The predicted molar refractivity (Wildman–Crippen MR) is 136 cm³/mol. The standard InChI is InChI=1S/C27H49N3O4/c1-4-7-10-13-18-25(34-27(32)30-23-28-22-29-30)19-14-15-20-26(31)33-21-24(16-11-8-5-2)17-12-9-6-3/h22-25H,4-21H2,1-3H3. The zero-order valence-corrected chi connectivity index (χ0v) is 22.0. The smallest absolute Gasteiger partial charge is 0.436 e. The van der Waals surface area contributed by atoms with Crippen molar-refractivity contribution in [2.75, 3.05) is 6.61 Å². The van der Waals surface area contributed by atoms with Crippen molar-refractivity contribution in [3.8, 4) is 0 Å². The van der Waals surface area contributed by atoms with E-state index in [0.29, 0.717) is 18.9 Å². The summed E-state index contributed by atoms with van der Waals surface area (Å²) >= 11 is 0. The Morgan fingerprint density at radius 1 is 0.794 bits per heavy atom.